The molecule has 0 fully saturated rings. The number of hydrogen-bond acceptors (Lipinski definition) is 3. The molecule has 1 N–H and O–H groups in total. The first kappa shape index (κ1) is 15.2. The molecule has 0 aliphatic carbocycles. The molecule has 118 valence electrons. The summed E-state index contributed by atoms with van der Waals surface area (Å²) >= 11 is 0. The number of hydrogen-bond donors (Lipinski definition) is 1. The van der Waals surface area contributed by atoms with Crippen molar-refractivity contribution in [3.05, 3.63) is 53.9 Å². The molecule has 0 saturated heterocycles. The van der Waals surface area contributed by atoms with E-state index < -0.39 is 0 Å². The molecule has 2 heterocycles. The zero-order chi connectivity index (χ0) is 16.4. The lowest BCUT2D eigenvalue weighted by molar-refractivity contribution is -0.118. The van der Waals surface area contributed by atoms with Crippen LogP contribution >= 0.6 is 0 Å². The summed E-state index contributed by atoms with van der Waals surface area (Å²) in [6, 6.07) is 9.25. The Balaban J connectivity index is 1.87. The van der Waals surface area contributed by atoms with Crippen LogP contribution in [0.2, 0.25) is 0 Å². The van der Waals surface area contributed by atoms with Gasteiger partial charge in [0.1, 0.15) is 0 Å². The smallest absolute Gasteiger partial charge is 0.259 e. The van der Waals surface area contributed by atoms with Crippen LogP contribution in [0.5, 0.6) is 0 Å². The summed E-state index contributed by atoms with van der Waals surface area (Å²) in [5.74, 6) is -0.186. The van der Waals surface area contributed by atoms with Crippen molar-refractivity contribution in [3.8, 4) is 0 Å². The quantitative estimate of drug-likeness (QED) is 0.948. The van der Waals surface area contributed by atoms with Gasteiger partial charge in [-0.15, -0.1) is 0 Å². The molecule has 0 unspecified atom stereocenters. The fourth-order valence-corrected chi connectivity index (χ4v) is 2.60. The summed E-state index contributed by atoms with van der Waals surface area (Å²) in [7, 11) is 0. The van der Waals surface area contributed by atoms with E-state index in [9.17, 15) is 9.59 Å². The van der Waals surface area contributed by atoms with E-state index in [1.165, 1.54) is 0 Å². The minimum atomic E-state index is -0.0867. The van der Waals surface area contributed by atoms with Crippen LogP contribution < -0.4 is 10.2 Å². The van der Waals surface area contributed by atoms with E-state index in [1.54, 1.807) is 29.4 Å². The summed E-state index contributed by atoms with van der Waals surface area (Å²) in [6.07, 6.45) is 4.04. The van der Waals surface area contributed by atoms with Crippen molar-refractivity contribution in [2.45, 2.75) is 20.3 Å². The molecule has 0 atom stereocenters. The maximum absolute atomic E-state index is 12.6. The summed E-state index contributed by atoms with van der Waals surface area (Å²) in [4.78, 5) is 30.3. The number of nitrogens with one attached hydrogen (secondary N) is 1. The molecule has 1 aromatic heterocycles. The van der Waals surface area contributed by atoms with Gasteiger partial charge in [0, 0.05) is 36.2 Å². The number of aromatic nitrogens is 1. The first-order chi connectivity index (χ1) is 11.1. The number of carbonyl (C=O) groups excluding carboxylic acids is 2. The zero-order valence-electron chi connectivity index (χ0n) is 13.2. The van der Waals surface area contributed by atoms with Crippen LogP contribution in [0.4, 0.5) is 11.4 Å². The predicted molar refractivity (Wildman–Crippen MR) is 89.5 cm³/mol. The Bertz CT molecular complexity index is 741. The Hall–Kier alpha value is -2.69. The van der Waals surface area contributed by atoms with Crippen LogP contribution in [0.25, 0.3) is 0 Å². The molecule has 1 aliphatic rings. The number of pyridine rings is 1. The minimum Gasteiger partial charge on any atom is -0.326 e. The maximum Gasteiger partial charge on any atom is 0.259 e. The summed E-state index contributed by atoms with van der Waals surface area (Å²) in [5.41, 5.74) is 3.26. The zero-order valence-corrected chi connectivity index (χ0v) is 13.2. The number of carbonyl (C=O) groups is 2. The number of nitrogens with zero attached hydrogens (tertiary/aromatic N) is 2. The Morgan fingerprint density at radius 3 is 2.78 bits per heavy atom. The minimum absolute atomic E-state index is 0.0342. The van der Waals surface area contributed by atoms with Crippen LogP contribution in [0.1, 0.15) is 29.8 Å². The molecule has 3 rings (SSSR count). The van der Waals surface area contributed by atoms with Gasteiger partial charge in [-0.25, -0.2) is 0 Å². The highest BCUT2D eigenvalue weighted by atomic mass is 16.2. The molecular formula is C18H19N3O2. The van der Waals surface area contributed by atoms with Gasteiger partial charge in [0.25, 0.3) is 5.91 Å². The lowest BCUT2D eigenvalue weighted by Crippen LogP contribution is -2.29. The van der Waals surface area contributed by atoms with E-state index in [2.05, 4.69) is 10.3 Å². The van der Waals surface area contributed by atoms with Gasteiger partial charge < -0.3 is 10.2 Å². The first-order valence-corrected chi connectivity index (χ1v) is 7.72. The first-order valence-electron chi connectivity index (χ1n) is 7.72. The highest BCUT2D eigenvalue weighted by Gasteiger charge is 2.26. The molecule has 2 amide bonds. The van der Waals surface area contributed by atoms with Crippen LogP contribution in [0, 0.1) is 5.92 Å². The van der Waals surface area contributed by atoms with Crippen LogP contribution in [0.15, 0.2) is 42.7 Å². The highest BCUT2D eigenvalue weighted by Crippen LogP contribution is 2.32. The molecule has 1 aliphatic heterocycles. The lowest BCUT2D eigenvalue weighted by Gasteiger charge is -2.18. The van der Waals surface area contributed by atoms with Gasteiger partial charge in [0.15, 0.2) is 0 Å². The number of fused-ring (bicyclic) bond motifs is 1. The number of rotatable bonds is 3. The normalized spacial score (nSPS) is 13.1. The Kier molecular flexibility index (Phi) is 4.10. The Labute approximate surface area is 135 Å². The molecule has 0 radical (unpaired) electrons. The molecule has 0 saturated carbocycles. The van der Waals surface area contributed by atoms with Gasteiger partial charge in [-0.1, -0.05) is 19.9 Å². The van der Waals surface area contributed by atoms with Crippen molar-refractivity contribution in [1.29, 1.82) is 0 Å². The van der Waals surface area contributed by atoms with Gasteiger partial charge in [0.05, 0.1) is 5.56 Å². The van der Waals surface area contributed by atoms with Crippen LogP contribution in [-0.2, 0) is 11.2 Å². The molecule has 5 nitrogen and oxygen atoms in total. The predicted octanol–water partition coefficient (Wildman–Crippen LogP) is 2.88. The monoisotopic (exact) mass is 309 g/mol. The van der Waals surface area contributed by atoms with Gasteiger partial charge in [0.2, 0.25) is 5.91 Å². The number of benzene rings is 1. The van der Waals surface area contributed by atoms with Crippen molar-refractivity contribution in [3.63, 3.8) is 0 Å². The molecule has 1 aromatic carbocycles. The van der Waals surface area contributed by atoms with Crippen molar-refractivity contribution in [2.75, 3.05) is 16.8 Å². The summed E-state index contributed by atoms with van der Waals surface area (Å²) in [6.45, 7) is 4.34. The van der Waals surface area contributed by atoms with E-state index in [-0.39, 0.29) is 17.7 Å². The topological polar surface area (TPSA) is 62.3 Å². The molecule has 23 heavy (non-hydrogen) atoms. The van der Waals surface area contributed by atoms with Gasteiger partial charge in [-0.3, -0.25) is 14.6 Å². The molecular weight excluding hydrogens is 290 g/mol. The highest BCUT2D eigenvalue weighted by molar-refractivity contribution is 6.07. The standard InChI is InChI=1S/C18H19N3O2/c1-12(2)17(22)20-15-6-5-13-7-9-21(16(13)10-15)18(23)14-4-3-8-19-11-14/h3-6,8,10-12H,7,9H2,1-2H3,(H,20,22). The SMILES string of the molecule is CC(C)C(=O)Nc1ccc2c(c1)N(C(=O)c1cccnc1)CC2. The molecule has 2 aromatic rings. The van der Waals surface area contributed by atoms with E-state index >= 15 is 0 Å². The van der Waals surface area contributed by atoms with Gasteiger partial charge in [-0.05, 0) is 36.2 Å². The van der Waals surface area contributed by atoms with Crippen molar-refractivity contribution in [2.24, 2.45) is 5.92 Å². The van der Waals surface area contributed by atoms with Crippen LogP contribution in [0.3, 0.4) is 0 Å². The van der Waals surface area contributed by atoms with Gasteiger partial charge >= 0.3 is 0 Å². The molecule has 0 spiro atoms. The second-order valence-corrected chi connectivity index (χ2v) is 5.94. The summed E-state index contributed by atoms with van der Waals surface area (Å²) in [5, 5.41) is 2.88. The lowest BCUT2D eigenvalue weighted by atomic mass is 10.1. The fraction of sp³-hybridized carbons (Fsp3) is 0.278. The van der Waals surface area contributed by atoms with Crippen molar-refractivity contribution < 1.29 is 9.59 Å². The fourth-order valence-electron chi connectivity index (χ4n) is 2.60. The second-order valence-electron chi connectivity index (χ2n) is 5.94. The van der Waals surface area contributed by atoms with Crippen molar-refractivity contribution in [1.82, 2.24) is 4.98 Å². The van der Waals surface area contributed by atoms with Gasteiger partial charge in [-0.2, -0.15) is 0 Å². The van der Waals surface area contributed by atoms with Crippen molar-refractivity contribution >= 4 is 23.2 Å². The number of amides is 2. The average molecular weight is 309 g/mol. The summed E-state index contributed by atoms with van der Waals surface area (Å²) < 4.78 is 0. The number of anilines is 2. The van der Waals surface area contributed by atoms with E-state index in [1.807, 2.05) is 32.0 Å². The van der Waals surface area contributed by atoms with E-state index in [0.29, 0.717) is 17.8 Å². The molecule has 5 heteroatoms. The molecule has 0 bridgehead atoms. The third kappa shape index (κ3) is 3.08. The Morgan fingerprint density at radius 1 is 1.26 bits per heavy atom. The van der Waals surface area contributed by atoms with Crippen LogP contribution in [-0.4, -0.2) is 23.3 Å². The largest absolute Gasteiger partial charge is 0.326 e. The maximum atomic E-state index is 12.6. The van der Waals surface area contributed by atoms with E-state index in [4.69, 9.17) is 0 Å². The third-order valence-corrected chi connectivity index (χ3v) is 3.93. The Morgan fingerprint density at radius 2 is 2.09 bits per heavy atom. The van der Waals surface area contributed by atoms with E-state index in [0.717, 1.165) is 17.7 Å². The second kappa shape index (κ2) is 6.20. The third-order valence-electron chi connectivity index (χ3n) is 3.93. The average Bonchev–Trinajstić information content (AvgIpc) is 2.98.